The van der Waals surface area contributed by atoms with E-state index in [0.29, 0.717) is 5.69 Å². The second-order valence-electron chi connectivity index (χ2n) is 8.09. The molecule has 2 rings (SSSR count). The Kier molecular flexibility index (Phi) is 9.78. The summed E-state index contributed by atoms with van der Waals surface area (Å²) in [6.07, 6.45) is 15.3. The highest BCUT2D eigenvalue weighted by Crippen LogP contribution is 2.30. The van der Waals surface area contributed by atoms with Crippen molar-refractivity contribution in [1.29, 1.82) is 0 Å². The lowest BCUT2D eigenvalue weighted by Crippen LogP contribution is -2.33. The van der Waals surface area contributed by atoms with E-state index in [0.717, 1.165) is 25.8 Å². The van der Waals surface area contributed by atoms with E-state index in [-0.39, 0.29) is 0 Å². The van der Waals surface area contributed by atoms with Gasteiger partial charge in [-0.25, -0.2) is 17.9 Å². The van der Waals surface area contributed by atoms with Crippen molar-refractivity contribution in [3.8, 4) is 0 Å². The van der Waals surface area contributed by atoms with Crippen molar-refractivity contribution in [3.63, 3.8) is 0 Å². The molecule has 2 N–H and O–H groups in total. The minimum atomic E-state index is -3.56. The number of fused-ring (bicyclic) bond motifs is 1. The van der Waals surface area contributed by atoms with Crippen LogP contribution in [0.15, 0.2) is 18.2 Å². The smallest absolute Gasteiger partial charge is 0.332 e. The summed E-state index contributed by atoms with van der Waals surface area (Å²) in [5.74, 6) is 0. The minimum absolute atomic E-state index is 0.616. The lowest BCUT2D eigenvalue weighted by atomic mass is 10.1. The molecule has 2 amide bonds. The van der Waals surface area contributed by atoms with Crippen LogP contribution in [0.5, 0.6) is 0 Å². The summed E-state index contributed by atoms with van der Waals surface area (Å²) in [5.41, 5.74) is 3.05. The molecule has 0 unspecified atom stereocenters. The van der Waals surface area contributed by atoms with Crippen molar-refractivity contribution in [2.24, 2.45) is 0 Å². The summed E-state index contributed by atoms with van der Waals surface area (Å²) in [6, 6.07) is 5.06. The molecule has 0 saturated carbocycles. The van der Waals surface area contributed by atoms with Gasteiger partial charge in [-0.05, 0) is 36.6 Å². The molecule has 1 aliphatic heterocycles. The fraction of sp³-hybridized carbons (Fsp3) is 0.682. The molecule has 6 nitrogen and oxygen atoms in total. The Morgan fingerprint density at radius 3 is 2.24 bits per heavy atom. The van der Waals surface area contributed by atoms with Crippen LogP contribution in [0.4, 0.5) is 16.2 Å². The predicted octanol–water partition coefficient (Wildman–Crippen LogP) is 5.05. The molecule has 1 aromatic carbocycles. The van der Waals surface area contributed by atoms with Crippen LogP contribution >= 0.6 is 0 Å². The zero-order chi connectivity index (χ0) is 21.1. The quantitative estimate of drug-likeness (QED) is 0.435. The molecule has 0 atom stereocenters. The topological polar surface area (TPSA) is 78.5 Å². The van der Waals surface area contributed by atoms with E-state index in [4.69, 9.17) is 0 Å². The van der Waals surface area contributed by atoms with Crippen LogP contribution in [0, 0.1) is 0 Å². The van der Waals surface area contributed by atoms with Gasteiger partial charge in [-0.15, -0.1) is 0 Å². The predicted molar refractivity (Wildman–Crippen MR) is 121 cm³/mol. The van der Waals surface area contributed by atoms with Crippen molar-refractivity contribution in [1.82, 2.24) is 4.72 Å². The van der Waals surface area contributed by atoms with Crippen LogP contribution in [-0.2, 0) is 16.4 Å². The molecule has 1 heterocycles. The van der Waals surface area contributed by atoms with Crippen LogP contribution in [-0.4, -0.2) is 33.8 Å². The number of hydrogen-bond donors (Lipinski definition) is 2. The number of anilines is 2. The molecule has 29 heavy (non-hydrogen) atoms. The van der Waals surface area contributed by atoms with Gasteiger partial charge in [0, 0.05) is 24.5 Å². The zero-order valence-corrected chi connectivity index (χ0v) is 18.8. The van der Waals surface area contributed by atoms with Gasteiger partial charge < -0.3 is 10.2 Å². The fourth-order valence-corrected chi connectivity index (χ4v) is 4.28. The van der Waals surface area contributed by atoms with Gasteiger partial charge in [0.15, 0.2) is 0 Å². The van der Waals surface area contributed by atoms with Gasteiger partial charge in [0.25, 0.3) is 0 Å². The van der Waals surface area contributed by atoms with Gasteiger partial charge in [0.1, 0.15) is 0 Å². The van der Waals surface area contributed by atoms with Gasteiger partial charge >= 0.3 is 6.03 Å². The first kappa shape index (κ1) is 23.5. The number of unbranched alkanes of at least 4 members (excludes halogenated alkanes) is 9. The number of sulfonamides is 1. The van der Waals surface area contributed by atoms with Crippen LogP contribution in [0.1, 0.15) is 76.7 Å². The maximum atomic E-state index is 11.7. The first-order valence-electron chi connectivity index (χ1n) is 11.1. The highest BCUT2D eigenvalue weighted by atomic mass is 32.2. The highest BCUT2D eigenvalue weighted by molar-refractivity contribution is 7.89. The fourth-order valence-electron chi connectivity index (χ4n) is 3.90. The van der Waals surface area contributed by atoms with Crippen LogP contribution in [0.3, 0.4) is 0 Å². The molecule has 7 heteroatoms. The Morgan fingerprint density at radius 1 is 1.00 bits per heavy atom. The number of amides is 2. The third-order valence-corrected chi connectivity index (χ3v) is 5.94. The second kappa shape index (κ2) is 12.1. The maximum absolute atomic E-state index is 11.7. The van der Waals surface area contributed by atoms with Crippen molar-refractivity contribution >= 4 is 27.4 Å². The Labute approximate surface area is 176 Å². The Bertz CT molecular complexity index is 750. The van der Waals surface area contributed by atoms with Gasteiger partial charge in [-0.3, -0.25) is 0 Å². The number of carbonyl (C=O) groups is 1. The van der Waals surface area contributed by atoms with Gasteiger partial charge in [-0.1, -0.05) is 64.7 Å². The van der Waals surface area contributed by atoms with Crippen LogP contribution < -0.4 is 14.9 Å². The molecule has 0 fully saturated rings. The molecule has 1 aromatic rings. The maximum Gasteiger partial charge on any atom is 0.332 e. The molecular weight excluding hydrogens is 386 g/mol. The summed E-state index contributed by atoms with van der Waals surface area (Å²) in [7, 11) is -3.56. The van der Waals surface area contributed by atoms with Crippen LogP contribution in [0.2, 0.25) is 0 Å². The van der Waals surface area contributed by atoms with E-state index in [1.54, 1.807) is 0 Å². The van der Waals surface area contributed by atoms with E-state index < -0.39 is 16.1 Å². The summed E-state index contributed by atoms with van der Waals surface area (Å²) in [6.45, 7) is 4.34. The molecule has 164 valence electrons. The highest BCUT2D eigenvalue weighted by Gasteiger charge is 2.19. The average molecular weight is 424 g/mol. The SMILES string of the molecule is CCCCCCCCCCCCN1CCc2cc(NC(=O)NS(C)(=O)=O)ccc21. The number of nitrogens with one attached hydrogen (secondary N) is 2. The normalized spacial score (nSPS) is 13.4. The Morgan fingerprint density at radius 2 is 1.62 bits per heavy atom. The molecule has 0 aliphatic carbocycles. The Hall–Kier alpha value is -1.76. The number of rotatable bonds is 13. The van der Waals surface area contributed by atoms with E-state index in [9.17, 15) is 13.2 Å². The molecule has 0 bridgehead atoms. The molecule has 1 aliphatic rings. The van der Waals surface area contributed by atoms with E-state index in [1.165, 1.54) is 75.5 Å². The summed E-state index contributed by atoms with van der Waals surface area (Å²) in [4.78, 5) is 14.1. The van der Waals surface area contributed by atoms with Gasteiger partial charge in [0.2, 0.25) is 10.0 Å². The molecule has 0 radical (unpaired) electrons. The molecule has 0 saturated heterocycles. The van der Waals surface area contributed by atoms with Crippen molar-refractivity contribution in [2.45, 2.75) is 77.6 Å². The van der Waals surface area contributed by atoms with E-state index >= 15 is 0 Å². The van der Waals surface area contributed by atoms with Crippen molar-refractivity contribution in [3.05, 3.63) is 23.8 Å². The minimum Gasteiger partial charge on any atom is -0.371 e. The van der Waals surface area contributed by atoms with Crippen LogP contribution in [0.25, 0.3) is 0 Å². The lowest BCUT2D eigenvalue weighted by Gasteiger charge is -2.19. The molecular formula is C22H37N3O3S. The monoisotopic (exact) mass is 423 g/mol. The van der Waals surface area contributed by atoms with E-state index in [2.05, 4.69) is 17.1 Å². The average Bonchev–Trinajstić information content (AvgIpc) is 3.04. The summed E-state index contributed by atoms with van der Waals surface area (Å²) < 4.78 is 24.2. The largest absolute Gasteiger partial charge is 0.371 e. The van der Waals surface area contributed by atoms with Crippen molar-refractivity contribution in [2.75, 3.05) is 29.6 Å². The number of nitrogens with zero attached hydrogens (tertiary/aromatic N) is 1. The first-order valence-corrected chi connectivity index (χ1v) is 12.9. The van der Waals surface area contributed by atoms with Crippen molar-refractivity contribution < 1.29 is 13.2 Å². The standard InChI is InChI=1S/C22H37N3O3S/c1-3-4-5-6-7-8-9-10-11-12-16-25-17-15-19-18-20(13-14-21(19)25)23-22(26)24-29(2,27)28/h13-14,18H,3-12,15-17H2,1-2H3,(H2,23,24,26). The van der Waals surface area contributed by atoms with E-state index in [1.807, 2.05) is 22.9 Å². The first-order chi connectivity index (χ1) is 13.9. The zero-order valence-electron chi connectivity index (χ0n) is 18.0. The Balaban J connectivity index is 1.66. The number of hydrogen-bond acceptors (Lipinski definition) is 4. The third-order valence-electron chi connectivity index (χ3n) is 5.39. The lowest BCUT2D eigenvalue weighted by molar-refractivity contribution is 0.256. The second-order valence-corrected chi connectivity index (χ2v) is 9.84. The molecule has 0 spiro atoms. The third kappa shape index (κ3) is 9.07. The summed E-state index contributed by atoms with van der Waals surface area (Å²) >= 11 is 0. The number of benzene rings is 1. The number of carbonyl (C=O) groups excluding carboxylic acids is 1. The molecule has 0 aromatic heterocycles. The summed E-state index contributed by atoms with van der Waals surface area (Å²) in [5, 5.41) is 2.58. The van der Waals surface area contributed by atoms with Gasteiger partial charge in [-0.2, -0.15) is 0 Å². The van der Waals surface area contributed by atoms with Gasteiger partial charge in [0.05, 0.1) is 6.26 Å². The number of urea groups is 1.